The molecule has 0 spiro atoms. The molecule has 110 valence electrons. The van der Waals surface area contributed by atoms with Gasteiger partial charge in [-0.2, -0.15) is 0 Å². The largest absolute Gasteiger partial charge is 0.333 e. The van der Waals surface area contributed by atoms with Crippen LogP contribution in [-0.4, -0.2) is 23.9 Å². The van der Waals surface area contributed by atoms with E-state index in [0.29, 0.717) is 29.7 Å². The lowest BCUT2D eigenvalue weighted by atomic mass is 10.1. The number of nitrogens with zero attached hydrogens (tertiary/aromatic N) is 1. The highest BCUT2D eigenvalue weighted by Gasteiger charge is 2.16. The fourth-order valence-corrected chi connectivity index (χ4v) is 2.27. The smallest absolute Gasteiger partial charge is 0.254 e. The van der Waals surface area contributed by atoms with Gasteiger partial charge in [0.15, 0.2) is 0 Å². The second-order valence-electron chi connectivity index (χ2n) is 4.63. The van der Waals surface area contributed by atoms with E-state index in [1.54, 1.807) is 11.0 Å². The van der Waals surface area contributed by atoms with Crippen LogP contribution in [0, 0.1) is 5.82 Å². The van der Waals surface area contributed by atoms with E-state index < -0.39 is 5.82 Å². The predicted molar refractivity (Wildman–Crippen MR) is 84.3 cm³/mol. The number of halogens is 2. The molecule has 0 aromatic heterocycles. The van der Waals surface area contributed by atoms with Crippen molar-refractivity contribution in [3.8, 4) is 0 Å². The maximum absolute atomic E-state index is 13.6. The Morgan fingerprint density at radius 3 is 2.52 bits per heavy atom. The Kier molecular flexibility index (Phi) is 5.47. The summed E-state index contributed by atoms with van der Waals surface area (Å²) in [6.45, 7) is 1.23. The minimum atomic E-state index is -0.451. The van der Waals surface area contributed by atoms with Crippen LogP contribution >= 0.6 is 15.9 Å². The molecule has 3 nitrogen and oxygen atoms in total. The highest BCUT2D eigenvalue weighted by molar-refractivity contribution is 9.10. The Morgan fingerprint density at radius 1 is 1.19 bits per heavy atom. The van der Waals surface area contributed by atoms with E-state index in [0.717, 1.165) is 5.56 Å². The van der Waals surface area contributed by atoms with Crippen molar-refractivity contribution in [2.75, 3.05) is 13.1 Å². The first-order valence-corrected chi connectivity index (χ1v) is 7.39. The van der Waals surface area contributed by atoms with Crippen molar-refractivity contribution in [1.29, 1.82) is 0 Å². The first-order chi connectivity index (χ1) is 10.1. The van der Waals surface area contributed by atoms with Gasteiger partial charge >= 0.3 is 0 Å². The molecule has 2 aromatic carbocycles. The van der Waals surface area contributed by atoms with E-state index in [1.807, 2.05) is 30.3 Å². The fraction of sp³-hybridized carbons (Fsp3) is 0.188. The minimum Gasteiger partial charge on any atom is -0.333 e. The van der Waals surface area contributed by atoms with Crippen molar-refractivity contribution >= 4 is 21.8 Å². The van der Waals surface area contributed by atoms with E-state index in [1.165, 1.54) is 12.1 Å². The molecule has 2 aromatic rings. The molecule has 0 saturated heterocycles. The van der Waals surface area contributed by atoms with Crippen LogP contribution in [0.3, 0.4) is 0 Å². The summed E-state index contributed by atoms with van der Waals surface area (Å²) in [7, 11) is 0. The predicted octanol–water partition coefficient (Wildman–Crippen LogP) is 3.19. The van der Waals surface area contributed by atoms with Gasteiger partial charge in [-0.3, -0.25) is 4.79 Å². The number of rotatable bonds is 5. The minimum absolute atomic E-state index is 0.226. The Balaban J connectivity index is 2.20. The molecule has 5 heteroatoms. The molecule has 1 amide bonds. The lowest BCUT2D eigenvalue weighted by Gasteiger charge is -2.22. The molecular formula is C16H16BrFN2O. The average molecular weight is 351 g/mol. The van der Waals surface area contributed by atoms with Crippen molar-refractivity contribution in [1.82, 2.24) is 4.90 Å². The summed E-state index contributed by atoms with van der Waals surface area (Å²) in [5.41, 5.74) is 6.91. The van der Waals surface area contributed by atoms with E-state index in [4.69, 9.17) is 5.73 Å². The second-order valence-corrected chi connectivity index (χ2v) is 5.48. The van der Waals surface area contributed by atoms with Crippen molar-refractivity contribution in [2.45, 2.75) is 6.54 Å². The molecule has 0 aliphatic carbocycles. The molecule has 0 atom stereocenters. The third-order valence-corrected chi connectivity index (χ3v) is 3.71. The maximum atomic E-state index is 13.6. The summed E-state index contributed by atoms with van der Waals surface area (Å²) in [4.78, 5) is 14.1. The summed E-state index contributed by atoms with van der Waals surface area (Å²) in [6, 6.07) is 14.0. The van der Waals surface area contributed by atoms with Crippen LogP contribution < -0.4 is 5.73 Å². The summed E-state index contributed by atoms with van der Waals surface area (Å²) >= 11 is 3.08. The Hall–Kier alpha value is -1.72. The van der Waals surface area contributed by atoms with Crippen LogP contribution in [0.25, 0.3) is 0 Å². The molecule has 21 heavy (non-hydrogen) atoms. The van der Waals surface area contributed by atoms with Gasteiger partial charge in [0.2, 0.25) is 0 Å². The van der Waals surface area contributed by atoms with E-state index >= 15 is 0 Å². The summed E-state index contributed by atoms with van der Waals surface area (Å²) in [6.07, 6.45) is 0. The fourth-order valence-electron chi connectivity index (χ4n) is 2.02. The van der Waals surface area contributed by atoms with E-state index in [2.05, 4.69) is 15.9 Å². The van der Waals surface area contributed by atoms with E-state index in [9.17, 15) is 9.18 Å². The normalized spacial score (nSPS) is 10.4. The van der Waals surface area contributed by atoms with Crippen molar-refractivity contribution < 1.29 is 9.18 Å². The van der Waals surface area contributed by atoms with Crippen LogP contribution in [0.2, 0.25) is 0 Å². The van der Waals surface area contributed by atoms with Crippen molar-refractivity contribution in [3.05, 3.63) is 69.9 Å². The third-order valence-electron chi connectivity index (χ3n) is 3.07. The number of nitrogens with two attached hydrogens (primary N) is 1. The molecule has 2 rings (SSSR count). The number of hydrogen-bond donors (Lipinski definition) is 1. The SMILES string of the molecule is NCCN(Cc1ccccc1)C(=O)c1ccc(Br)c(F)c1. The number of carbonyl (C=O) groups is 1. The van der Waals surface area contributed by atoms with Gasteiger partial charge in [-0.25, -0.2) is 4.39 Å². The van der Waals surface area contributed by atoms with Crippen LogP contribution in [0.1, 0.15) is 15.9 Å². The quantitative estimate of drug-likeness (QED) is 0.899. The number of benzene rings is 2. The average Bonchev–Trinajstić information content (AvgIpc) is 2.50. The first kappa shape index (κ1) is 15.7. The highest BCUT2D eigenvalue weighted by atomic mass is 79.9. The van der Waals surface area contributed by atoms with Gasteiger partial charge in [-0.1, -0.05) is 30.3 Å². The molecule has 0 heterocycles. The zero-order valence-corrected chi connectivity index (χ0v) is 13.0. The molecule has 0 aliphatic rings. The standard InChI is InChI=1S/C16H16BrFN2O/c17-14-7-6-13(10-15(14)18)16(21)20(9-8-19)11-12-4-2-1-3-5-12/h1-7,10H,8-9,11,19H2. The van der Waals surface area contributed by atoms with Gasteiger partial charge in [0, 0.05) is 25.2 Å². The van der Waals surface area contributed by atoms with Crippen LogP contribution in [0.4, 0.5) is 4.39 Å². The maximum Gasteiger partial charge on any atom is 0.254 e. The van der Waals surface area contributed by atoms with E-state index in [-0.39, 0.29) is 5.91 Å². The van der Waals surface area contributed by atoms with Crippen LogP contribution in [0.15, 0.2) is 53.0 Å². The number of amides is 1. The lowest BCUT2D eigenvalue weighted by Crippen LogP contribution is -2.34. The van der Waals surface area contributed by atoms with Crippen molar-refractivity contribution in [2.24, 2.45) is 5.73 Å². The molecule has 0 bridgehead atoms. The zero-order valence-electron chi connectivity index (χ0n) is 11.4. The van der Waals surface area contributed by atoms with Gasteiger partial charge < -0.3 is 10.6 Å². The second kappa shape index (κ2) is 7.33. The monoisotopic (exact) mass is 350 g/mol. The molecular weight excluding hydrogens is 335 g/mol. The Labute approximate surface area is 131 Å². The number of carbonyl (C=O) groups excluding carboxylic acids is 1. The molecule has 0 radical (unpaired) electrons. The molecule has 0 unspecified atom stereocenters. The summed E-state index contributed by atoms with van der Waals surface area (Å²) < 4.78 is 13.9. The third kappa shape index (κ3) is 4.12. The number of hydrogen-bond acceptors (Lipinski definition) is 2. The van der Waals surface area contributed by atoms with Gasteiger partial charge in [0.05, 0.1) is 4.47 Å². The Bertz CT molecular complexity index is 619. The first-order valence-electron chi connectivity index (χ1n) is 6.60. The topological polar surface area (TPSA) is 46.3 Å². The van der Waals surface area contributed by atoms with Gasteiger partial charge in [-0.15, -0.1) is 0 Å². The lowest BCUT2D eigenvalue weighted by molar-refractivity contribution is 0.0747. The van der Waals surface area contributed by atoms with Gasteiger partial charge in [-0.05, 0) is 39.7 Å². The van der Waals surface area contributed by atoms with Crippen LogP contribution in [0.5, 0.6) is 0 Å². The van der Waals surface area contributed by atoms with Crippen molar-refractivity contribution in [3.63, 3.8) is 0 Å². The van der Waals surface area contributed by atoms with Crippen LogP contribution in [-0.2, 0) is 6.54 Å². The van der Waals surface area contributed by atoms with Gasteiger partial charge in [0.25, 0.3) is 5.91 Å². The molecule has 0 aliphatic heterocycles. The van der Waals surface area contributed by atoms with Gasteiger partial charge in [0.1, 0.15) is 5.82 Å². The molecule has 2 N–H and O–H groups in total. The highest BCUT2D eigenvalue weighted by Crippen LogP contribution is 2.18. The Morgan fingerprint density at radius 2 is 1.90 bits per heavy atom. The zero-order chi connectivity index (χ0) is 15.2. The summed E-state index contributed by atoms with van der Waals surface area (Å²) in [5, 5.41) is 0. The summed E-state index contributed by atoms with van der Waals surface area (Å²) in [5.74, 6) is -0.677. The molecule has 0 saturated carbocycles. The molecule has 0 fully saturated rings.